The van der Waals surface area contributed by atoms with Gasteiger partial charge in [0.2, 0.25) is 0 Å². The Kier molecular flexibility index (Phi) is 6.97. The second kappa shape index (κ2) is 8.50. The van der Waals surface area contributed by atoms with Crippen molar-refractivity contribution in [1.29, 1.82) is 0 Å². The molecular weight excluding hydrogens is 260 g/mol. The minimum Gasteiger partial charge on any atom is -0.396 e. The van der Waals surface area contributed by atoms with Crippen LogP contribution in [0.2, 0.25) is 0 Å². The van der Waals surface area contributed by atoms with Crippen LogP contribution >= 0.6 is 0 Å². The highest BCUT2D eigenvalue weighted by Crippen LogP contribution is 2.32. The van der Waals surface area contributed by atoms with E-state index >= 15 is 0 Å². The first-order valence-electron chi connectivity index (χ1n) is 9.32. The van der Waals surface area contributed by atoms with Gasteiger partial charge in [-0.1, -0.05) is 33.1 Å². The Bertz CT molecular complexity index is 277. The second-order valence-electron chi connectivity index (χ2n) is 7.36. The number of rotatable bonds is 7. The molecule has 0 aromatic heterocycles. The lowest BCUT2D eigenvalue weighted by Crippen LogP contribution is -2.52. The fourth-order valence-electron chi connectivity index (χ4n) is 4.27. The van der Waals surface area contributed by atoms with Crippen LogP contribution in [0, 0.1) is 11.3 Å². The Hall–Kier alpha value is -0.120. The zero-order chi connectivity index (χ0) is 15.1. The highest BCUT2D eigenvalue weighted by Gasteiger charge is 2.34. The zero-order valence-electron chi connectivity index (χ0n) is 14.2. The molecule has 0 aromatic rings. The third kappa shape index (κ3) is 4.43. The van der Waals surface area contributed by atoms with E-state index < -0.39 is 0 Å². The Morgan fingerprint density at radius 3 is 2.38 bits per heavy atom. The summed E-state index contributed by atoms with van der Waals surface area (Å²) in [5.74, 6) is 0.796. The van der Waals surface area contributed by atoms with Gasteiger partial charge in [-0.2, -0.15) is 0 Å². The summed E-state index contributed by atoms with van der Waals surface area (Å²) in [5.41, 5.74) is 0.0853. The number of aliphatic hydroxyl groups excluding tert-OH is 1. The minimum absolute atomic E-state index is 0.0853. The molecule has 0 spiro atoms. The Morgan fingerprint density at radius 2 is 1.76 bits per heavy atom. The van der Waals surface area contributed by atoms with Gasteiger partial charge in [-0.05, 0) is 51.0 Å². The van der Waals surface area contributed by atoms with Crippen molar-refractivity contribution in [2.24, 2.45) is 11.3 Å². The quantitative estimate of drug-likeness (QED) is 0.676. The van der Waals surface area contributed by atoms with Crippen molar-refractivity contribution >= 4 is 0 Å². The molecule has 2 rings (SSSR count). The maximum atomic E-state index is 9.77. The van der Waals surface area contributed by atoms with Crippen molar-refractivity contribution in [2.45, 2.75) is 83.7 Å². The van der Waals surface area contributed by atoms with Gasteiger partial charge in [0.15, 0.2) is 0 Å². The normalized spacial score (nSPS) is 31.3. The maximum Gasteiger partial charge on any atom is 0.0499 e. The van der Waals surface area contributed by atoms with Crippen LogP contribution in [-0.2, 0) is 0 Å². The molecule has 3 atom stereocenters. The van der Waals surface area contributed by atoms with E-state index in [-0.39, 0.29) is 5.41 Å². The van der Waals surface area contributed by atoms with Gasteiger partial charge in [0.25, 0.3) is 0 Å². The lowest BCUT2D eigenvalue weighted by Gasteiger charge is -2.42. The highest BCUT2D eigenvalue weighted by atomic mass is 16.3. The highest BCUT2D eigenvalue weighted by molar-refractivity contribution is 4.92. The zero-order valence-corrected chi connectivity index (χ0v) is 14.2. The SMILES string of the molecule is CCC(CC)(CO)CNC1CCCCC1C1CCCCN1. The van der Waals surface area contributed by atoms with Crippen molar-refractivity contribution in [3.8, 4) is 0 Å². The Balaban J connectivity index is 1.92. The molecule has 0 bridgehead atoms. The average Bonchev–Trinajstić information content (AvgIpc) is 2.58. The monoisotopic (exact) mass is 296 g/mol. The molecule has 124 valence electrons. The molecule has 3 heteroatoms. The van der Waals surface area contributed by atoms with E-state index in [2.05, 4.69) is 24.5 Å². The van der Waals surface area contributed by atoms with Crippen molar-refractivity contribution in [2.75, 3.05) is 19.7 Å². The predicted octanol–water partition coefficient (Wildman–Crippen LogP) is 3.08. The van der Waals surface area contributed by atoms with Gasteiger partial charge in [-0.3, -0.25) is 0 Å². The molecule has 21 heavy (non-hydrogen) atoms. The molecule has 1 saturated carbocycles. The number of hydrogen-bond donors (Lipinski definition) is 3. The minimum atomic E-state index is 0.0853. The van der Waals surface area contributed by atoms with Crippen LogP contribution in [0.1, 0.15) is 71.6 Å². The second-order valence-corrected chi connectivity index (χ2v) is 7.36. The molecule has 1 aliphatic heterocycles. The molecule has 3 nitrogen and oxygen atoms in total. The summed E-state index contributed by atoms with van der Waals surface area (Å²) in [7, 11) is 0. The van der Waals surface area contributed by atoms with Gasteiger partial charge >= 0.3 is 0 Å². The topological polar surface area (TPSA) is 44.3 Å². The summed E-state index contributed by atoms with van der Waals surface area (Å²) < 4.78 is 0. The smallest absolute Gasteiger partial charge is 0.0499 e. The van der Waals surface area contributed by atoms with E-state index in [0.717, 1.165) is 31.3 Å². The molecule has 2 aliphatic rings. The standard InChI is InChI=1S/C18H36N2O/c1-3-18(4-2,14-21)13-20-17-10-6-5-9-15(17)16-11-7-8-12-19-16/h15-17,19-21H,3-14H2,1-2H3. The first-order valence-corrected chi connectivity index (χ1v) is 9.32. The van der Waals surface area contributed by atoms with Crippen molar-refractivity contribution in [3.05, 3.63) is 0 Å². The van der Waals surface area contributed by atoms with Gasteiger partial charge in [-0.25, -0.2) is 0 Å². The molecular formula is C18H36N2O. The number of aliphatic hydroxyl groups is 1. The van der Waals surface area contributed by atoms with E-state index in [4.69, 9.17) is 0 Å². The van der Waals surface area contributed by atoms with Gasteiger partial charge in [-0.15, -0.1) is 0 Å². The maximum absolute atomic E-state index is 9.77. The largest absolute Gasteiger partial charge is 0.396 e. The number of nitrogens with one attached hydrogen (secondary N) is 2. The van der Waals surface area contributed by atoms with Gasteiger partial charge < -0.3 is 15.7 Å². The first-order chi connectivity index (χ1) is 10.2. The van der Waals surface area contributed by atoms with Gasteiger partial charge in [0.1, 0.15) is 0 Å². The van der Waals surface area contributed by atoms with Crippen LogP contribution in [0.25, 0.3) is 0 Å². The Labute approximate surface area is 131 Å². The summed E-state index contributed by atoms with van der Waals surface area (Å²) in [4.78, 5) is 0. The lowest BCUT2D eigenvalue weighted by atomic mass is 9.76. The molecule has 1 saturated heterocycles. The van der Waals surface area contributed by atoms with E-state index in [1.54, 1.807) is 0 Å². The summed E-state index contributed by atoms with van der Waals surface area (Å²) in [6.45, 7) is 6.92. The van der Waals surface area contributed by atoms with Crippen LogP contribution in [-0.4, -0.2) is 36.9 Å². The predicted molar refractivity (Wildman–Crippen MR) is 89.5 cm³/mol. The summed E-state index contributed by atoms with van der Waals surface area (Å²) >= 11 is 0. The molecule has 3 unspecified atom stereocenters. The van der Waals surface area contributed by atoms with Crippen LogP contribution in [0.4, 0.5) is 0 Å². The van der Waals surface area contributed by atoms with Crippen LogP contribution in [0.5, 0.6) is 0 Å². The molecule has 1 heterocycles. The first kappa shape index (κ1) is 17.2. The molecule has 0 radical (unpaired) electrons. The van der Waals surface area contributed by atoms with Crippen LogP contribution < -0.4 is 10.6 Å². The molecule has 1 aliphatic carbocycles. The van der Waals surface area contributed by atoms with E-state index in [9.17, 15) is 5.11 Å². The van der Waals surface area contributed by atoms with Gasteiger partial charge in [0, 0.05) is 30.7 Å². The summed E-state index contributed by atoms with van der Waals surface area (Å²) in [6, 6.07) is 1.38. The average molecular weight is 296 g/mol. The van der Waals surface area contributed by atoms with Crippen LogP contribution in [0.3, 0.4) is 0 Å². The number of hydrogen-bond acceptors (Lipinski definition) is 3. The fraction of sp³-hybridized carbons (Fsp3) is 1.00. The van der Waals surface area contributed by atoms with E-state index in [1.165, 1.54) is 51.5 Å². The molecule has 2 fully saturated rings. The Morgan fingerprint density at radius 1 is 1.05 bits per heavy atom. The third-order valence-corrected chi connectivity index (χ3v) is 6.26. The van der Waals surface area contributed by atoms with E-state index in [1.807, 2.05) is 0 Å². The molecule has 3 N–H and O–H groups in total. The van der Waals surface area contributed by atoms with Crippen molar-refractivity contribution in [3.63, 3.8) is 0 Å². The fourth-order valence-corrected chi connectivity index (χ4v) is 4.27. The summed E-state index contributed by atoms with van der Waals surface area (Å²) in [5, 5.41) is 17.4. The van der Waals surface area contributed by atoms with Gasteiger partial charge in [0.05, 0.1) is 0 Å². The third-order valence-electron chi connectivity index (χ3n) is 6.26. The van der Waals surface area contributed by atoms with E-state index in [0.29, 0.717) is 12.6 Å². The van der Waals surface area contributed by atoms with Crippen LogP contribution in [0.15, 0.2) is 0 Å². The molecule has 0 aromatic carbocycles. The van der Waals surface area contributed by atoms with Crippen molar-refractivity contribution in [1.82, 2.24) is 10.6 Å². The number of piperidine rings is 1. The molecule has 0 amide bonds. The lowest BCUT2D eigenvalue weighted by molar-refractivity contribution is 0.0961. The van der Waals surface area contributed by atoms with Crippen molar-refractivity contribution < 1.29 is 5.11 Å². The summed E-state index contributed by atoms with van der Waals surface area (Å²) in [6.07, 6.45) is 11.7.